The van der Waals surface area contributed by atoms with E-state index in [-0.39, 0.29) is 0 Å². The summed E-state index contributed by atoms with van der Waals surface area (Å²) < 4.78 is 1.73. The predicted molar refractivity (Wildman–Crippen MR) is 62.2 cm³/mol. The van der Waals surface area contributed by atoms with Crippen molar-refractivity contribution < 1.29 is 5.11 Å². The molecule has 0 aliphatic heterocycles. The summed E-state index contributed by atoms with van der Waals surface area (Å²) in [5, 5.41) is 14.5. The Morgan fingerprint density at radius 1 is 1.27 bits per heavy atom. The smallest absolute Gasteiger partial charge is 0.212 e. The van der Waals surface area contributed by atoms with E-state index in [4.69, 9.17) is 0 Å². The van der Waals surface area contributed by atoms with Gasteiger partial charge < -0.3 is 5.11 Å². The molecule has 3 nitrogen and oxygen atoms in total. The van der Waals surface area contributed by atoms with Crippen LogP contribution in [0.15, 0.2) is 0 Å². The highest BCUT2D eigenvalue weighted by Crippen LogP contribution is 2.27. The van der Waals surface area contributed by atoms with E-state index in [1.807, 2.05) is 0 Å². The second kappa shape index (κ2) is 4.69. The Kier molecular flexibility index (Phi) is 3.77. The number of hydrogen-bond acceptors (Lipinski definition) is 2. The molecule has 0 saturated heterocycles. The minimum Gasteiger partial charge on any atom is -0.493 e. The van der Waals surface area contributed by atoms with E-state index < -0.39 is 0 Å². The Labute approximate surface area is 92.1 Å². The molecule has 0 saturated carbocycles. The highest BCUT2D eigenvalue weighted by Gasteiger charge is 2.18. The zero-order valence-corrected chi connectivity index (χ0v) is 10.4. The molecule has 1 heterocycles. The Morgan fingerprint density at radius 3 is 2.20 bits per heavy atom. The molecule has 0 aliphatic rings. The lowest BCUT2D eigenvalue weighted by Gasteiger charge is -2.05. The van der Waals surface area contributed by atoms with Gasteiger partial charge in [-0.2, -0.15) is 5.10 Å². The van der Waals surface area contributed by atoms with Gasteiger partial charge in [0.15, 0.2) is 0 Å². The van der Waals surface area contributed by atoms with Crippen molar-refractivity contribution in [3.8, 4) is 5.88 Å². The highest BCUT2D eigenvalue weighted by molar-refractivity contribution is 5.32. The molecule has 86 valence electrons. The van der Waals surface area contributed by atoms with Crippen molar-refractivity contribution in [1.29, 1.82) is 0 Å². The van der Waals surface area contributed by atoms with E-state index in [0.717, 1.165) is 24.2 Å². The van der Waals surface area contributed by atoms with Crippen LogP contribution in [0.25, 0.3) is 0 Å². The maximum atomic E-state index is 10.0. The van der Waals surface area contributed by atoms with E-state index in [2.05, 4.69) is 39.7 Å². The summed E-state index contributed by atoms with van der Waals surface area (Å²) >= 11 is 0. The molecule has 0 radical (unpaired) electrons. The second-order valence-electron chi connectivity index (χ2n) is 4.77. The molecule has 0 bridgehead atoms. The zero-order valence-electron chi connectivity index (χ0n) is 10.4. The van der Waals surface area contributed by atoms with Crippen LogP contribution in [-0.2, 0) is 13.0 Å². The molecule has 15 heavy (non-hydrogen) atoms. The molecule has 0 aliphatic carbocycles. The Balaban J connectivity index is 3.09. The van der Waals surface area contributed by atoms with Gasteiger partial charge in [-0.15, -0.1) is 0 Å². The van der Waals surface area contributed by atoms with E-state index in [1.54, 1.807) is 4.68 Å². The SMILES string of the molecule is CCc1c(C(C)C)nn(CC(C)C)c1O. The van der Waals surface area contributed by atoms with E-state index >= 15 is 0 Å². The lowest BCUT2D eigenvalue weighted by atomic mass is 10.0. The summed E-state index contributed by atoms with van der Waals surface area (Å²) in [7, 11) is 0. The van der Waals surface area contributed by atoms with Gasteiger partial charge in [-0.05, 0) is 18.3 Å². The van der Waals surface area contributed by atoms with Crippen molar-refractivity contribution >= 4 is 0 Å². The van der Waals surface area contributed by atoms with Crippen LogP contribution in [0.2, 0.25) is 0 Å². The van der Waals surface area contributed by atoms with Crippen molar-refractivity contribution in [2.24, 2.45) is 5.92 Å². The van der Waals surface area contributed by atoms with Crippen LogP contribution in [-0.4, -0.2) is 14.9 Å². The van der Waals surface area contributed by atoms with Gasteiger partial charge in [-0.1, -0.05) is 34.6 Å². The van der Waals surface area contributed by atoms with Gasteiger partial charge in [0.2, 0.25) is 5.88 Å². The third-order valence-electron chi connectivity index (χ3n) is 2.49. The molecule has 0 atom stereocenters. The summed E-state index contributed by atoms with van der Waals surface area (Å²) in [6.45, 7) is 11.3. The maximum Gasteiger partial charge on any atom is 0.212 e. The van der Waals surface area contributed by atoms with Gasteiger partial charge in [-0.3, -0.25) is 0 Å². The molecule has 0 fully saturated rings. The normalized spacial score (nSPS) is 11.7. The second-order valence-corrected chi connectivity index (χ2v) is 4.77. The highest BCUT2D eigenvalue weighted by atomic mass is 16.3. The van der Waals surface area contributed by atoms with Gasteiger partial charge in [0.1, 0.15) is 0 Å². The first-order valence-electron chi connectivity index (χ1n) is 5.75. The van der Waals surface area contributed by atoms with Gasteiger partial charge in [-0.25, -0.2) is 4.68 Å². The maximum absolute atomic E-state index is 10.0. The lowest BCUT2D eigenvalue weighted by Crippen LogP contribution is -2.06. The molecule has 1 rings (SSSR count). The van der Waals surface area contributed by atoms with Gasteiger partial charge >= 0.3 is 0 Å². The molecular formula is C12H22N2O. The first-order chi connectivity index (χ1) is 6.97. The standard InChI is InChI=1S/C12H22N2O/c1-6-10-11(9(4)5)13-14(12(10)15)7-8(2)3/h8-9,15H,6-7H2,1-5H3. The molecule has 3 heteroatoms. The monoisotopic (exact) mass is 210 g/mol. The number of nitrogens with zero attached hydrogens (tertiary/aromatic N) is 2. The van der Waals surface area contributed by atoms with Crippen LogP contribution < -0.4 is 0 Å². The molecule has 1 N–H and O–H groups in total. The first kappa shape index (κ1) is 12.1. The van der Waals surface area contributed by atoms with Crippen molar-refractivity contribution in [1.82, 2.24) is 9.78 Å². The van der Waals surface area contributed by atoms with E-state index in [0.29, 0.717) is 17.7 Å². The average molecular weight is 210 g/mol. The zero-order chi connectivity index (χ0) is 11.6. The third-order valence-corrected chi connectivity index (χ3v) is 2.49. The van der Waals surface area contributed by atoms with Crippen molar-refractivity contribution in [3.05, 3.63) is 11.3 Å². The van der Waals surface area contributed by atoms with Crippen LogP contribution in [0.5, 0.6) is 5.88 Å². The molecule has 0 aromatic carbocycles. The molecule has 1 aromatic rings. The van der Waals surface area contributed by atoms with Crippen LogP contribution in [0.1, 0.15) is 51.8 Å². The van der Waals surface area contributed by atoms with Gasteiger partial charge in [0.05, 0.1) is 5.69 Å². The lowest BCUT2D eigenvalue weighted by molar-refractivity contribution is 0.368. The summed E-state index contributed by atoms with van der Waals surface area (Å²) in [6.07, 6.45) is 0.845. The first-order valence-corrected chi connectivity index (χ1v) is 5.75. The van der Waals surface area contributed by atoms with Gasteiger partial charge in [0.25, 0.3) is 0 Å². The fourth-order valence-electron chi connectivity index (χ4n) is 1.78. The number of aromatic nitrogens is 2. The molecule has 0 unspecified atom stereocenters. The molecule has 0 spiro atoms. The van der Waals surface area contributed by atoms with Gasteiger partial charge in [0, 0.05) is 12.1 Å². The predicted octanol–water partition coefficient (Wildman–Crippen LogP) is 2.93. The average Bonchev–Trinajstić information content (AvgIpc) is 2.43. The van der Waals surface area contributed by atoms with E-state index in [1.165, 1.54) is 0 Å². The molecule has 1 aromatic heterocycles. The minimum atomic E-state index is 0.356. The number of hydrogen-bond donors (Lipinski definition) is 1. The van der Waals surface area contributed by atoms with Crippen LogP contribution in [0.4, 0.5) is 0 Å². The Bertz CT molecular complexity index is 327. The summed E-state index contributed by atoms with van der Waals surface area (Å²) in [6, 6.07) is 0. The molecule has 0 amide bonds. The quantitative estimate of drug-likeness (QED) is 0.829. The minimum absolute atomic E-state index is 0.356. The summed E-state index contributed by atoms with van der Waals surface area (Å²) in [5.41, 5.74) is 2.04. The fraction of sp³-hybridized carbons (Fsp3) is 0.750. The largest absolute Gasteiger partial charge is 0.493 e. The van der Waals surface area contributed by atoms with Crippen LogP contribution in [0.3, 0.4) is 0 Å². The van der Waals surface area contributed by atoms with Crippen LogP contribution in [0, 0.1) is 5.92 Å². The van der Waals surface area contributed by atoms with Crippen LogP contribution >= 0.6 is 0 Å². The van der Waals surface area contributed by atoms with Crippen molar-refractivity contribution in [2.75, 3.05) is 0 Å². The third kappa shape index (κ3) is 2.52. The van der Waals surface area contributed by atoms with Crippen molar-refractivity contribution in [2.45, 2.75) is 53.5 Å². The Morgan fingerprint density at radius 2 is 1.87 bits per heavy atom. The summed E-state index contributed by atoms with van der Waals surface area (Å²) in [5.74, 6) is 1.23. The van der Waals surface area contributed by atoms with E-state index in [9.17, 15) is 5.11 Å². The topological polar surface area (TPSA) is 38.0 Å². The Hall–Kier alpha value is -0.990. The number of aromatic hydroxyl groups is 1. The molecular weight excluding hydrogens is 188 g/mol. The van der Waals surface area contributed by atoms with Crippen molar-refractivity contribution in [3.63, 3.8) is 0 Å². The fourth-order valence-corrected chi connectivity index (χ4v) is 1.78. The summed E-state index contributed by atoms with van der Waals surface area (Å²) in [4.78, 5) is 0. The number of rotatable bonds is 4.